The largest absolute Gasteiger partial charge is 0.493 e. The van der Waals surface area contributed by atoms with Crippen LogP contribution in [0.5, 0.6) is 11.5 Å². The van der Waals surface area contributed by atoms with E-state index >= 15 is 0 Å². The Morgan fingerprint density at radius 2 is 1.70 bits per heavy atom. The SMILES string of the molecule is CCNC(=NCc1ccc(OC)c(OC)c1)NCCCNc1ccccc1. The summed E-state index contributed by atoms with van der Waals surface area (Å²) in [6, 6.07) is 16.1. The predicted octanol–water partition coefficient (Wildman–Crippen LogP) is 3.26. The van der Waals surface area contributed by atoms with Crippen molar-refractivity contribution in [2.45, 2.75) is 19.9 Å². The number of rotatable bonds is 10. The Morgan fingerprint density at radius 3 is 2.41 bits per heavy atom. The minimum Gasteiger partial charge on any atom is -0.493 e. The van der Waals surface area contributed by atoms with Gasteiger partial charge in [0, 0.05) is 25.3 Å². The lowest BCUT2D eigenvalue weighted by atomic mass is 10.2. The molecule has 0 bridgehead atoms. The third-order valence-electron chi connectivity index (χ3n) is 3.96. The van der Waals surface area contributed by atoms with Crippen LogP contribution < -0.4 is 25.4 Å². The van der Waals surface area contributed by atoms with Crippen molar-refractivity contribution in [2.24, 2.45) is 4.99 Å². The normalized spacial score (nSPS) is 11.0. The highest BCUT2D eigenvalue weighted by Gasteiger charge is 2.04. The van der Waals surface area contributed by atoms with Gasteiger partial charge in [-0.2, -0.15) is 0 Å². The molecule has 3 N–H and O–H groups in total. The molecule has 0 fully saturated rings. The fourth-order valence-electron chi connectivity index (χ4n) is 2.57. The number of hydrogen-bond acceptors (Lipinski definition) is 4. The number of aliphatic imine (C=N–C) groups is 1. The van der Waals surface area contributed by atoms with Crippen LogP contribution in [0, 0.1) is 0 Å². The van der Waals surface area contributed by atoms with Crippen LogP contribution >= 0.6 is 0 Å². The fourth-order valence-corrected chi connectivity index (χ4v) is 2.57. The summed E-state index contributed by atoms with van der Waals surface area (Å²) in [5, 5.41) is 10.1. The van der Waals surface area contributed by atoms with E-state index < -0.39 is 0 Å². The number of methoxy groups -OCH3 is 2. The Labute approximate surface area is 162 Å². The monoisotopic (exact) mass is 370 g/mol. The molecule has 0 radical (unpaired) electrons. The Bertz CT molecular complexity index is 705. The number of para-hydroxylation sites is 1. The van der Waals surface area contributed by atoms with Crippen molar-refractivity contribution in [1.82, 2.24) is 10.6 Å². The Hall–Kier alpha value is -2.89. The summed E-state index contributed by atoms with van der Waals surface area (Å²) < 4.78 is 10.6. The standard InChI is InChI=1S/C21H30N4O2/c1-4-22-21(24-14-8-13-23-18-9-6-5-7-10-18)25-16-17-11-12-19(26-2)20(15-17)27-3/h5-7,9-12,15,23H,4,8,13-14,16H2,1-3H3,(H2,22,24,25). The molecular weight excluding hydrogens is 340 g/mol. The lowest BCUT2D eigenvalue weighted by Gasteiger charge is -2.12. The average molecular weight is 370 g/mol. The topological polar surface area (TPSA) is 66.9 Å². The van der Waals surface area contributed by atoms with Crippen molar-refractivity contribution in [3.8, 4) is 11.5 Å². The number of ether oxygens (including phenoxy) is 2. The first-order valence-corrected chi connectivity index (χ1v) is 9.28. The van der Waals surface area contributed by atoms with Gasteiger partial charge in [0.25, 0.3) is 0 Å². The molecule has 6 heteroatoms. The first kappa shape index (κ1) is 20.4. The number of benzene rings is 2. The molecule has 2 aromatic rings. The molecule has 2 aromatic carbocycles. The van der Waals surface area contributed by atoms with Gasteiger partial charge in [-0.25, -0.2) is 4.99 Å². The maximum absolute atomic E-state index is 5.35. The summed E-state index contributed by atoms with van der Waals surface area (Å²) in [5.41, 5.74) is 2.21. The summed E-state index contributed by atoms with van der Waals surface area (Å²) in [7, 11) is 3.27. The van der Waals surface area contributed by atoms with E-state index in [2.05, 4.69) is 40.0 Å². The second-order valence-electron chi connectivity index (χ2n) is 5.96. The molecule has 0 aliphatic heterocycles. The van der Waals surface area contributed by atoms with E-state index in [0.717, 1.165) is 54.8 Å². The molecule has 0 saturated carbocycles. The van der Waals surface area contributed by atoms with Crippen molar-refractivity contribution in [2.75, 3.05) is 39.2 Å². The van der Waals surface area contributed by atoms with Crippen LogP contribution in [0.1, 0.15) is 18.9 Å². The molecule has 146 valence electrons. The lowest BCUT2D eigenvalue weighted by Crippen LogP contribution is -2.38. The quantitative estimate of drug-likeness (QED) is 0.340. The Morgan fingerprint density at radius 1 is 0.926 bits per heavy atom. The maximum Gasteiger partial charge on any atom is 0.191 e. The Balaban J connectivity index is 1.81. The van der Waals surface area contributed by atoms with E-state index in [0.29, 0.717) is 6.54 Å². The molecular formula is C21H30N4O2. The van der Waals surface area contributed by atoms with E-state index in [1.165, 1.54) is 0 Å². The number of anilines is 1. The fraction of sp³-hybridized carbons (Fsp3) is 0.381. The van der Waals surface area contributed by atoms with Gasteiger partial charge in [-0.1, -0.05) is 24.3 Å². The van der Waals surface area contributed by atoms with Crippen LogP contribution in [0.15, 0.2) is 53.5 Å². The summed E-state index contributed by atoms with van der Waals surface area (Å²) in [6.07, 6.45) is 0.996. The van der Waals surface area contributed by atoms with Gasteiger partial charge in [0.1, 0.15) is 0 Å². The van der Waals surface area contributed by atoms with Crippen LogP contribution in [-0.2, 0) is 6.54 Å². The van der Waals surface area contributed by atoms with Crippen molar-refractivity contribution < 1.29 is 9.47 Å². The summed E-state index contributed by atoms with van der Waals surface area (Å²) >= 11 is 0. The van der Waals surface area contributed by atoms with Crippen LogP contribution in [0.3, 0.4) is 0 Å². The molecule has 0 unspecified atom stereocenters. The number of hydrogen-bond donors (Lipinski definition) is 3. The van der Waals surface area contributed by atoms with Gasteiger partial charge in [-0.05, 0) is 43.2 Å². The minimum atomic E-state index is 0.567. The lowest BCUT2D eigenvalue weighted by molar-refractivity contribution is 0.354. The highest BCUT2D eigenvalue weighted by atomic mass is 16.5. The van der Waals surface area contributed by atoms with Gasteiger partial charge in [0.15, 0.2) is 17.5 Å². The van der Waals surface area contributed by atoms with Crippen molar-refractivity contribution in [3.05, 3.63) is 54.1 Å². The molecule has 0 amide bonds. The highest BCUT2D eigenvalue weighted by Crippen LogP contribution is 2.27. The molecule has 0 aromatic heterocycles. The van der Waals surface area contributed by atoms with E-state index in [1.807, 2.05) is 36.4 Å². The summed E-state index contributed by atoms with van der Waals surface area (Å²) in [6.45, 7) is 5.20. The van der Waals surface area contributed by atoms with Crippen molar-refractivity contribution in [1.29, 1.82) is 0 Å². The number of guanidine groups is 1. The third-order valence-corrected chi connectivity index (χ3v) is 3.96. The predicted molar refractivity (Wildman–Crippen MR) is 112 cm³/mol. The molecule has 0 heterocycles. The van der Waals surface area contributed by atoms with E-state index in [1.54, 1.807) is 14.2 Å². The van der Waals surface area contributed by atoms with Gasteiger partial charge in [-0.3, -0.25) is 0 Å². The van der Waals surface area contributed by atoms with Crippen molar-refractivity contribution >= 4 is 11.6 Å². The van der Waals surface area contributed by atoms with Crippen LogP contribution in [0.25, 0.3) is 0 Å². The maximum atomic E-state index is 5.35. The molecule has 0 aliphatic rings. The summed E-state index contributed by atoms with van der Waals surface area (Å²) in [4.78, 5) is 4.65. The second kappa shape index (κ2) is 11.7. The smallest absolute Gasteiger partial charge is 0.191 e. The Kier molecular flexibility index (Phi) is 8.83. The highest BCUT2D eigenvalue weighted by molar-refractivity contribution is 5.79. The second-order valence-corrected chi connectivity index (χ2v) is 5.96. The van der Waals surface area contributed by atoms with E-state index in [-0.39, 0.29) is 0 Å². The van der Waals surface area contributed by atoms with Gasteiger partial charge in [-0.15, -0.1) is 0 Å². The van der Waals surface area contributed by atoms with Crippen LogP contribution in [0.2, 0.25) is 0 Å². The summed E-state index contributed by atoms with van der Waals surface area (Å²) in [5.74, 6) is 2.25. The van der Waals surface area contributed by atoms with Gasteiger partial charge in [0.2, 0.25) is 0 Å². The first-order valence-electron chi connectivity index (χ1n) is 9.28. The minimum absolute atomic E-state index is 0.567. The van der Waals surface area contributed by atoms with Gasteiger partial charge in [0.05, 0.1) is 20.8 Å². The number of nitrogens with zero attached hydrogens (tertiary/aromatic N) is 1. The molecule has 6 nitrogen and oxygen atoms in total. The van der Waals surface area contributed by atoms with Gasteiger partial charge >= 0.3 is 0 Å². The third kappa shape index (κ3) is 7.09. The zero-order valence-electron chi connectivity index (χ0n) is 16.4. The van der Waals surface area contributed by atoms with Crippen LogP contribution in [-0.4, -0.2) is 39.8 Å². The molecule has 2 rings (SSSR count). The molecule has 0 aliphatic carbocycles. The van der Waals surface area contributed by atoms with Gasteiger partial charge < -0.3 is 25.4 Å². The molecule has 0 saturated heterocycles. The van der Waals surface area contributed by atoms with E-state index in [9.17, 15) is 0 Å². The number of nitrogens with one attached hydrogen (secondary N) is 3. The van der Waals surface area contributed by atoms with Crippen molar-refractivity contribution in [3.63, 3.8) is 0 Å². The molecule has 0 atom stereocenters. The average Bonchev–Trinajstić information content (AvgIpc) is 2.72. The zero-order valence-corrected chi connectivity index (χ0v) is 16.4. The zero-order chi connectivity index (χ0) is 19.3. The van der Waals surface area contributed by atoms with Crippen LogP contribution in [0.4, 0.5) is 5.69 Å². The first-order chi connectivity index (χ1) is 13.3. The molecule has 27 heavy (non-hydrogen) atoms. The molecule has 0 spiro atoms. The van der Waals surface area contributed by atoms with E-state index in [4.69, 9.17) is 9.47 Å².